The van der Waals surface area contributed by atoms with E-state index in [-0.39, 0.29) is 0 Å². The molecule has 0 bridgehead atoms. The Morgan fingerprint density at radius 1 is 0.765 bits per heavy atom. The largest absolute Gasteiger partial charge is 0.0654 e. The van der Waals surface area contributed by atoms with E-state index in [4.69, 9.17) is 0 Å². The van der Waals surface area contributed by atoms with Gasteiger partial charge in [0.05, 0.1) is 0 Å². The normalized spacial score (nSPS) is 15.4. The summed E-state index contributed by atoms with van der Waals surface area (Å²) in [7, 11) is 0. The molecule has 0 aromatic heterocycles. The van der Waals surface area contributed by atoms with Crippen LogP contribution in [0.2, 0.25) is 0 Å². The van der Waals surface area contributed by atoms with Crippen molar-refractivity contribution in [1.29, 1.82) is 0 Å². The van der Waals surface area contributed by atoms with Gasteiger partial charge in [0, 0.05) is 0 Å². The molecule has 0 aliphatic heterocycles. The average molecular weight is 237 g/mol. The van der Waals surface area contributed by atoms with Gasteiger partial charge in [0.2, 0.25) is 0 Å². The molecule has 0 aromatic rings. The fourth-order valence-electron chi connectivity index (χ4n) is 2.52. The van der Waals surface area contributed by atoms with E-state index in [9.17, 15) is 0 Å². The zero-order valence-corrected chi connectivity index (χ0v) is 12.1. The van der Waals surface area contributed by atoms with Crippen LogP contribution in [0, 0.1) is 12.3 Å². The van der Waals surface area contributed by atoms with Crippen molar-refractivity contribution in [3.63, 3.8) is 0 Å². The maximum Gasteiger partial charge on any atom is -0.0386 e. The first-order valence-electron chi connectivity index (χ1n) is 8.25. The van der Waals surface area contributed by atoms with Crippen LogP contribution in [0.15, 0.2) is 0 Å². The molecule has 1 rings (SSSR count). The molecule has 17 heavy (non-hydrogen) atoms. The van der Waals surface area contributed by atoms with Gasteiger partial charge in [-0.05, 0) is 12.3 Å². The summed E-state index contributed by atoms with van der Waals surface area (Å²) >= 11 is 0. The zero-order chi connectivity index (χ0) is 12.2. The highest BCUT2D eigenvalue weighted by Crippen LogP contribution is 2.34. The molecule has 0 heteroatoms. The van der Waals surface area contributed by atoms with Gasteiger partial charge in [0.15, 0.2) is 0 Å². The second kappa shape index (κ2) is 11.1. The topological polar surface area (TPSA) is 0 Å². The third kappa shape index (κ3) is 10.9. The summed E-state index contributed by atoms with van der Waals surface area (Å²) in [5.74, 6) is 1.14. The lowest BCUT2D eigenvalue weighted by Gasteiger charge is -2.02. The van der Waals surface area contributed by atoms with Crippen LogP contribution in [0.4, 0.5) is 0 Å². The van der Waals surface area contributed by atoms with Gasteiger partial charge in [-0.2, -0.15) is 0 Å². The fraction of sp³-hybridized carbons (Fsp3) is 0.941. The zero-order valence-electron chi connectivity index (χ0n) is 12.1. The summed E-state index contributed by atoms with van der Waals surface area (Å²) in [6, 6.07) is 0. The highest BCUT2D eigenvalue weighted by Gasteiger charge is 2.19. The van der Waals surface area contributed by atoms with Gasteiger partial charge in [-0.3, -0.25) is 0 Å². The quantitative estimate of drug-likeness (QED) is 0.330. The maximum atomic E-state index is 2.54. The van der Waals surface area contributed by atoms with Crippen LogP contribution >= 0.6 is 0 Å². The molecule has 1 aliphatic rings. The van der Waals surface area contributed by atoms with E-state index in [1.807, 2.05) is 0 Å². The Bertz CT molecular complexity index is 146. The molecule has 101 valence electrons. The first-order chi connectivity index (χ1) is 8.43. The molecule has 1 fully saturated rings. The minimum atomic E-state index is 1.14. The summed E-state index contributed by atoms with van der Waals surface area (Å²) in [6.07, 6.45) is 22.9. The molecule has 0 N–H and O–H groups in total. The molecule has 1 saturated carbocycles. The molecule has 0 aromatic carbocycles. The third-order valence-electron chi connectivity index (χ3n) is 3.98. The molecule has 0 atom stereocenters. The van der Waals surface area contributed by atoms with Crippen molar-refractivity contribution in [2.24, 2.45) is 5.92 Å². The van der Waals surface area contributed by atoms with Gasteiger partial charge in [-0.1, -0.05) is 96.8 Å². The summed E-state index contributed by atoms with van der Waals surface area (Å²) in [6.45, 7) is 2.29. The van der Waals surface area contributed by atoms with Crippen LogP contribution in [0.5, 0.6) is 0 Å². The average Bonchev–Trinajstić information content (AvgIpc) is 3.15. The molecule has 1 radical (unpaired) electrons. The van der Waals surface area contributed by atoms with Gasteiger partial charge < -0.3 is 0 Å². The van der Waals surface area contributed by atoms with Crippen molar-refractivity contribution in [1.82, 2.24) is 0 Å². The van der Waals surface area contributed by atoms with Crippen molar-refractivity contribution >= 4 is 0 Å². The second-order valence-corrected chi connectivity index (χ2v) is 5.93. The molecule has 0 unspecified atom stereocenters. The predicted octanol–water partition coefficient (Wildman–Crippen LogP) is 6.30. The van der Waals surface area contributed by atoms with E-state index in [1.165, 1.54) is 89.9 Å². The smallest absolute Gasteiger partial charge is 0.0386 e. The summed E-state index contributed by atoms with van der Waals surface area (Å²) in [5, 5.41) is 0. The van der Waals surface area contributed by atoms with Gasteiger partial charge in [-0.25, -0.2) is 0 Å². The van der Waals surface area contributed by atoms with Crippen LogP contribution in [-0.4, -0.2) is 0 Å². The van der Waals surface area contributed by atoms with E-state index >= 15 is 0 Å². The molecule has 0 saturated heterocycles. The Hall–Kier alpha value is 0. The Labute approximate surface area is 110 Å². The van der Waals surface area contributed by atoms with Crippen molar-refractivity contribution in [2.45, 2.75) is 96.8 Å². The predicted molar refractivity (Wildman–Crippen MR) is 78.1 cm³/mol. The lowest BCUT2D eigenvalue weighted by molar-refractivity contribution is 0.578. The Morgan fingerprint density at radius 3 is 2.00 bits per heavy atom. The first-order valence-corrected chi connectivity index (χ1v) is 8.25. The fourth-order valence-corrected chi connectivity index (χ4v) is 2.52. The number of unbranched alkanes of at least 4 members (excludes halogenated alkanes) is 11. The van der Waals surface area contributed by atoms with Crippen molar-refractivity contribution in [3.8, 4) is 0 Å². The van der Waals surface area contributed by atoms with Crippen LogP contribution < -0.4 is 0 Å². The van der Waals surface area contributed by atoms with Crippen molar-refractivity contribution < 1.29 is 0 Å². The SMILES string of the molecule is CCCCCCCC[CH]CCCCCC1CC1. The van der Waals surface area contributed by atoms with E-state index in [1.54, 1.807) is 0 Å². The monoisotopic (exact) mass is 237 g/mol. The Kier molecular flexibility index (Phi) is 9.84. The number of hydrogen-bond acceptors (Lipinski definition) is 0. The molecule has 1 aliphatic carbocycles. The molecule has 0 heterocycles. The molecule has 0 spiro atoms. The van der Waals surface area contributed by atoms with E-state index in [0.717, 1.165) is 5.92 Å². The highest BCUT2D eigenvalue weighted by molar-refractivity contribution is 4.73. The highest BCUT2D eigenvalue weighted by atomic mass is 14.3. The second-order valence-electron chi connectivity index (χ2n) is 5.93. The van der Waals surface area contributed by atoms with Crippen LogP contribution in [-0.2, 0) is 0 Å². The standard InChI is InChI=1S/C17H33/c1-2-3-4-5-6-7-8-9-10-11-12-13-14-17-15-16-17/h9,17H,2-8,10-16H2,1H3. The summed E-state index contributed by atoms with van der Waals surface area (Å²) in [4.78, 5) is 0. The third-order valence-corrected chi connectivity index (χ3v) is 3.98. The van der Waals surface area contributed by atoms with Crippen molar-refractivity contribution in [2.75, 3.05) is 0 Å². The van der Waals surface area contributed by atoms with Crippen LogP contribution in [0.25, 0.3) is 0 Å². The van der Waals surface area contributed by atoms with Crippen LogP contribution in [0.3, 0.4) is 0 Å². The first kappa shape index (κ1) is 15.1. The minimum Gasteiger partial charge on any atom is -0.0654 e. The lowest BCUT2D eigenvalue weighted by atomic mass is 10.0. The van der Waals surface area contributed by atoms with E-state index in [2.05, 4.69) is 13.3 Å². The van der Waals surface area contributed by atoms with Crippen LogP contribution in [0.1, 0.15) is 96.8 Å². The molecule has 0 nitrogen and oxygen atoms in total. The maximum absolute atomic E-state index is 2.54. The molecular weight excluding hydrogens is 204 g/mol. The molecule has 0 amide bonds. The summed E-state index contributed by atoms with van der Waals surface area (Å²) in [5.41, 5.74) is 0. The number of rotatable bonds is 13. The lowest BCUT2D eigenvalue weighted by Crippen LogP contribution is -1.84. The number of hydrogen-bond donors (Lipinski definition) is 0. The van der Waals surface area contributed by atoms with Gasteiger partial charge in [0.25, 0.3) is 0 Å². The van der Waals surface area contributed by atoms with E-state index in [0.29, 0.717) is 0 Å². The Balaban J connectivity index is 1.61. The van der Waals surface area contributed by atoms with Gasteiger partial charge in [-0.15, -0.1) is 0 Å². The van der Waals surface area contributed by atoms with Gasteiger partial charge in [0.1, 0.15) is 0 Å². The van der Waals surface area contributed by atoms with Gasteiger partial charge >= 0.3 is 0 Å². The Morgan fingerprint density at radius 2 is 1.35 bits per heavy atom. The van der Waals surface area contributed by atoms with Crippen molar-refractivity contribution in [3.05, 3.63) is 6.42 Å². The minimum absolute atomic E-state index is 1.14. The van der Waals surface area contributed by atoms with E-state index < -0.39 is 0 Å². The summed E-state index contributed by atoms with van der Waals surface area (Å²) < 4.78 is 0. The molecular formula is C17H33.